The minimum Gasteiger partial charge on any atom is -0.473 e. The molecule has 3 aromatic rings. The Bertz CT molecular complexity index is 1110. The first-order chi connectivity index (χ1) is 16.1. The van der Waals surface area contributed by atoms with E-state index in [1.54, 1.807) is 51.1 Å². The highest BCUT2D eigenvalue weighted by molar-refractivity contribution is 6.00. The number of piperidine rings is 1. The van der Waals surface area contributed by atoms with E-state index in [1.807, 2.05) is 6.07 Å². The lowest BCUT2D eigenvalue weighted by Crippen LogP contribution is -2.45. The lowest BCUT2D eigenvalue weighted by molar-refractivity contribution is -0.137. The summed E-state index contributed by atoms with van der Waals surface area (Å²) >= 11 is 0. The van der Waals surface area contributed by atoms with Crippen LogP contribution in [0.1, 0.15) is 19.3 Å². The zero-order chi connectivity index (χ0) is 22.8. The molecule has 0 aliphatic carbocycles. The largest absolute Gasteiger partial charge is 0.473 e. The molecule has 5 rings (SSSR count). The summed E-state index contributed by atoms with van der Waals surface area (Å²) in [6.45, 7) is 1.44. The topological polar surface area (TPSA) is 93.5 Å². The normalized spacial score (nSPS) is 19.2. The highest BCUT2D eigenvalue weighted by Crippen LogP contribution is 2.28. The fourth-order valence-corrected chi connectivity index (χ4v) is 4.27. The summed E-state index contributed by atoms with van der Waals surface area (Å²) < 4.78 is 20.7. The van der Waals surface area contributed by atoms with Crippen molar-refractivity contribution >= 4 is 17.5 Å². The van der Waals surface area contributed by atoms with Crippen LogP contribution < -0.4 is 9.64 Å². The molecule has 4 heterocycles. The number of hydrogen-bond acceptors (Lipinski definition) is 6. The standard InChI is InChI=1S/C23H23FN6O3/c24-17-2-4-18(5-3-17)29-15-16(14-22(29)31)23(32)28-12-8-19(9-13-28)33-21-7-6-20(26-27-21)30-11-1-10-25-30/h1-7,10-11,16,19H,8-9,12-15H2. The summed E-state index contributed by atoms with van der Waals surface area (Å²) in [5.74, 6) is 0.161. The van der Waals surface area contributed by atoms with Crippen LogP contribution in [0.2, 0.25) is 0 Å². The first kappa shape index (κ1) is 21.0. The number of likely N-dealkylation sites (tertiary alicyclic amines) is 1. The number of hydrogen-bond donors (Lipinski definition) is 0. The van der Waals surface area contributed by atoms with Gasteiger partial charge < -0.3 is 14.5 Å². The molecule has 0 radical (unpaired) electrons. The van der Waals surface area contributed by atoms with Gasteiger partial charge in [0.15, 0.2) is 5.82 Å². The lowest BCUT2D eigenvalue weighted by Gasteiger charge is -2.33. The molecule has 9 nitrogen and oxygen atoms in total. The van der Waals surface area contributed by atoms with Crippen LogP contribution in [0.3, 0.4) is 0 Å². The molecule has 2 amide bonds. The smallest absolute Gasteiger partial charge is 0.233 e. The average molecular weight is 450 g/mol. The summed E-state index contributed by atoms with van der Waals surface area (Å²) in [7, 11) is 0. The zero-order valence-corrected chi connectivity index (χ0v) is 17.9. The monoisotopic (exact) mass is 450 g/mol. The summed E-state index contributed by atoms with van der Waals surface area (Å²) in [6.07, 6.45) is 4.93. The summed E-state index contributed by atoms with van der Waals surface area (Å²) in [5, 5.41) is 12.4. The molecule has 1 atom stereocenters. The Morgan fingerprint density at radius 1 is 1.06 bits per heavy atom. The third-order valence-electron chi connectivity index (χ3n) is 6.02. The highest BCUT2D eigenvalue weighted by Gasteiger charge is 2.38. The number of ether oxygens (including phenoxy) is 1. The van der Waals surface area contributed by atoms with Crippen LogP contribution in [-0.4, -0.2) is 62.4 Å². The predicted molar refractivity (Wildman–Crippen MR) is 116 cm³/mol. The Labute approximate surface area is 189 Å². The van der Waals surface area contributed by atoms with Gasteiger partial charge in [0.25, 0.3) is 0 Å². The molecule has 2 aliphatic heterocycles. The Hall–Kier alpha value is -3.82. The van der Waals surface area contributed by atoms with Crippen LogP contribution in [0, 0.1) is 11.7 Å². The van der Waals surface area contributed by atoms with Gasteiger partial charge in [-0.1, -0.05) is 0 Å². The number of aromatic nitrogens is 4. The first-order valence-electron chi connectivity index (χ1n) is 10.9. The van der Waals surface area contributed by atoms with E-state index in [0.717, 1.165) is 0 Å². The van der Waals surface area contributed by atoms with E-state index in [1.165, 1.54) is 12.1 Å². The van der Waals surface area contributed by atoms with Crippen molar-refractivity contribution in [2.45, 2.75) is 25.4 Å². The fourth-order valence-electron chi connectivity index (χ4n) is 4.27. The Morgan fingerprint density at radius 2 is 1.85 bits per heavy atom. The van der Waals surface area contributed by atoms with Gasteiger partial charge in [0, 0.05) is 63.0 Å². The van der Waals surface area contributed by atoms with Gasteiger partial charge in [-0.05, 0) is 36.4 Å². The number of nitrogens with zero attached hydrogens (tertiary/aromatic N) is 6. The van der Waals surface area contributed by atoms with Crippen molar-refractivity contribution in [1.29, 1.82) is 0 Å². The van der Waals surface area contributed by atoms with Gasteiger partial charge in [-0.25, -0.2) is 9.07 Å². The van der Waals surface area contributed by atoms with Crippen molar-refractivity contribution in [3.05, 3.63) is 60.7 Å². The van der Waals surface area contributed by atoms with Crippen LogP contribution in [-0.2, 0) is 9.59 Å². The predicted octanol–water partition coefficient (Wildman–Crippen LogP) is 2.22. The number of carbonyl (C=O) groups is 2. The van der Waals surface area contributed by atoms with E-state index in [9.17, 15) is 14.0 Å². The van der Waals surface area contributed by atoms with Crippen LogP contribution in [0.25, 0.3) is 5.82 Å². The molecule has 33 heavy (non-hydrogen) atoms. The van der Waals surface area contributed by atoms with Crippen molar-refractivity contribution in [2.24, 2.45) is 5.92 Å². The maximum atomic E-state index is 13.2. The molecule has 10 heteroatoms. The van der Waals surface area contributed by atoms with Crippen LogP contribution in [0.4, 0.5) is 10.1 Å². The molecule has 1 aromatic carbocycles. The number of rotatable bonds is 5. The molecular formula is C23H23FN6O3. The number of halogens is 1. The third kappa shape index (κ3) is 4.55. The second-order valence-electron chi connectivity index (χ2n) is 8.20. The molecule has 170 valence electrons. The van der Waals surface area contributed by atoms with Crippen LogP contribution >= 0.6 is 0 Å². The first-order valence-corrected chi connectivity index (χ1v) is 10.9. The van der Waals surface area contributed by atoms with Crippen molar-refractivity contribution in [3.63, 3.8) is 0 Å². The van der Waals surface area contributed by atoms with Gasteiger partial charge in [-0.3, -0.25) is 9.59 Å². The second kappa shape index (κ2) is 8.97. The molecule has 2 aromatic heterocycles. The van der Waals surface area contributed by atoms with Crippen LogP contribution in [0.15, 0.2) is 54.9 Å². The summed E-state index contributed by atoms with van der Waals surface area (Å²) in [4.78, 5) is 28.8. The molecule has 0 bridgehead atoms. The highest BCUT2D eigenvalue weighted by atomic mass is 19.1. The van der Waals surface area contributed by atoms with E-state index in [4.69, 9.17) is 4.74 Å². The number of carbonyl (C=O) groups excluding carboxylic acids is 2. The number of benzene rings is 1. The minimum absolute atomic E-state index is 0.0187. The third-order valence-corrected chi connectivity index (χ3v) is 6.02. The molecule has 1 unspecified atom stereocenters. The molecule has 0 saturated carbocycles. The molecular weight excluding hydrogens is 427 g/mol. The van der Waals surface area contributed by atoms with Gasteiger partial charge in [-0.2, -0.15) is 5.10 Å². The van der Waals surface area contributed by atoms with Gasteiger partial charge in [0.1, 0.15) is 11.9 Å². The summed E-state index contributed by atoms with van der Waals surface area (Å²) in [6, 6.07) is 11.1. The fraction of sp³-hybridized carbons (Fsp3) is 0.348. The van der Waals surface area contributed by atoms with Crippen molar-refractivity contribution < 1.29 is 18.7 Å². The van der Waals surface area contributed by atoms with Gasteiger partial charge in [0.2, 0.25) is 17.7 Å². The maximum absolute atomic E-state index is 13.2. The van der Waals surface area contributed by atoms with Gasteiger partial charge in [-0.15, -0.1) is 10.2 Å². The van der Waals surface area contributed by atoms with E-state index >= 15 is 0 Å². The minimum atomic E-state index is -0.388. The van der Waals surface area contributed by atoms with E-state index in [2.05, 4.69) is 15.3 Å². The van der Waals surface area contributed by atoms with Crippen LogP contribution in [0.5, 0.6) is 5.88 Å². The van der Waals surface area contributed by atoms with Crippen molar-refractivity contribution in [2.75, 3.05) is 24.5 Å². The Kier molecular flexibility index (Phi) is 5.72. The quantitative estimate of drug-likeness (QED) is 0.592. The van der Waals surface area contributed by atoms with E-state index in [-0.39, 0.29) is 36.1 Å². The molecule has 2 aliphatic rings. The van der Waals surface area contributed by atoms with Gasteiger partial charge in [0.05, 0.1) is 5.92 Å². The number of anilines is 1. The van der Waals surface area contributed by atoms with Crippen molar-refractivity contribution in [1.82, 2.24) is 24.9 Å². The molecule has 0 spiro atoms. The number of amides is 2. The SMILES string of the molecule is O=C(C1CC(=O)N(c2ccc(F)cc2)C1)N1CCC(Oc2ccc(-n3cccn3)nn2)CC1. The Morgan fingerprint density at radius 3 is 2.52 bits per heavy atom. The van der Waals surface area contributed by atoms with Crippen molar-refractivity contribution in [3.8, 4) is 11.7 Å². The zero-order valence-electron chi connectivity index (χ0n) is 17.9. The maximum Gasteiger partial charge on any atom is 0.233 e. The lowest BCUT2D eigenvalue weighted by atomic mass is 10.0. The summed E-state index contributed by atoms with van der Waals surface area (Å²) in [5.41, 5.74) is 0.614. The second-order valence-corrected chi connectivity index (χ2v) is 8.20. The average Bonchev–Trinajstić information content (AvgIpc) is 3.51. The van der Waals surface area contributed by atoms with Gasteiger partial charge >= 0.3 is 0 Å². The molecule has 2 saturated heterocycles. The molecule has 2 fully saturated rings. The van der Waals surface area contributed by atoms with E-state index in [0.29, 0.717) is 49.9 Å². The van der Waals surface area contributed by atoms with E-state index < -0.39 is 0 Å². The molecule has 0 N–H and O–H groups in total. The Balaban J connectivity index is 1.13.